The Balaban J connectivity index is 2.38. The van der Waals surface area contributed by atoms with E-state index in [0.717, 1.165) is 28.1 Å². The Bertz CT molecular complexity index is 344. The van der Waals surface area contributed by atoms with Gasteiger partial charge in [0.15, 0.2) is 0 Å². The number of hydrogen-bond donors (Lipinski definition) is 0. The maximum absolute atomic E-state index is 6.09. The molecule has 0 heterocycles. The fourth-order valence-corrected chi connectivity index (χ4v) is 1.93. The van der Waals surface area contributed by atoms with E-state index >= 15 is 0 Å². The molecule has 0 saturated heterocycles. The zero-order chi connectivity index (χ0) is 12.2. The lowest BCUT2D eigenvalue weighted by Gasteiger charge is -2.17. The molecule has 1 rings (SSSR count). The Labute approximate surface area is 111 Å². The van der Waals surface area contributed by atoms with Crippen molar-refractivity contribution in [3.63, 3.8) is 0 Å². The molecular formula is C13H18BrClO. The highest BCUT2D eigenvalue weighted by molar-refractivity contribution is 9.10. The second kappa shape index (κ2) is 6.04. The highest BCUT2D eigenvalue weighted by Crippen LogP contribution is 2.23. The van der Waals surface area contributed by atoms with Gasteiger partial charge < -0.3 is 4.74 Å². The molecule has 0 saturated carbocycles. The smallest absolute Gasteiger partial charge is 0.0731 e. The van der Waals surface area contributed by atoms with E-state index in [0.29, 0.717) is 12.0 Å². The van der Waals surface area contributed by atoms with E-state index in [-0.39, 0.29) is 0 Å². The van der Waals surface area contributed by atoms with E-state index < -0.39 is 0 Å². The lowest BCUT2D eigenvalue weighted by molar-refractivity contribution is 0.0963. The maximum Gasteiger partial charge on any atom is 0.0731 e. The summed E-state index contributed by atoms with van der Waals surface area (Å²) in [5.41, 5.74) is 1.36. The van der Waals surface area contributed by atoms with Crippen LogP contribution in [0, 0.1) is 5.41 Å². The third kappa shape index (κ3) is 5.33. The molecule has 0 amide bonds. The van der Waals surface area contributed by atoms with Crippen molar-refractivity contribution in [2.24, 2.45) is 5.41 Å². The van der Waals surface area contributed by atoms with Crippen molar-refractivity contribution in [2.75, 3.05) is 6.61 Å². The molecule has 1 nitrogen and oxygen atoms in total. The van der Waals surface area contributed by atoms with Gasteiger partial charge in [-0.05, 0) is 29.5 Å². The van der Waals surface area contributed by atoms with Crippen molar-refractivity contribution in [2.45, 2.75) is 33.8 Å². The molecule has 0 aliphatic carbocycles. The normalized spacial score (nSPS) is 11.8. The highest BCUT2D eigenvalue weighted by atomic mass is 79.9. The summed E-state index contributed by atoms with van der Waals surface area (Å²) < 4.78 is 6.61. The summed E-state index contributed by atoms with van der Waals surface area (Å²) in [6, 6.07) is 5.86. The number of hydrogen-bond acceptors (Lipinski definition) is 1. The zero-order valence-corrected chi connectivity index (χ0v) is 12.4. The molecule has 90 valence electrons. The predicted molar refractivity (Wildman–Crippen MR) is 72.9 cm³/mol. The summed E-state index contributed by atoms with van der Waals surface area (Å²) in [5.74, 6) is 0. The Kier molecular flexibility index (Phi) is 5.29. The summed E-state index contributed by atoms with van der Waals surface area (Å²) in [6.07, 6.45) is 1.06. The standard InChI is InChI=1S/C13H18BrClO/c1-13(2,3)6-7-16-9-10-4-5-11(14)8-12(10)15/h4-5,8H,6-7,9H2,1-3H3. The van der Waals surface area contributed by atoms with Gasteiger partial charge in [0, 0.05) is 16.1 Å². The first-order valence-electron chi connectivity index (χ1n) is 5.40. The maximum atomic E-state index is 6.09. The quantitative estimate of drug-likeness (QED) is 0.707. The predicted octanol–water partition coefficient (Wildman–Crippen LogP) is 5.06. The second-order valence-corrected chi connectivity index (χ2v) is 6.42. The van der Waals surface area contributed by atoms with Crippen molar-refractivity contribution in [1.82, 2.24) is 0 Å². The van der Waals surface area contributed by atoms with E-state index in [1.165, 1.54) is 0 Å². The molecule has 0 atom stereocenters. The van der Waals surface area contributed by atoms with Gasteiger partial charge in [0.2, 0.25) is 0 Å². The van der Waals surface area contributed by atoms with E-state index in [1.807, 2.05) is 18.2 Å². The van der Waals surface area contributed by atoms with Gasteiger partial charge in [-0.25, -0.2) is 0 Å². The average molecular weight is 306 g/mol. The first-order chi connectivity index (χ1) is 7.38. The number of rotatable bonds is 4. The van der Waals surface area contributed by atoms with Crippen LogP contribution in [0.3, 0.4) is 0 Å². The number of halogens is 2. The molecule has 3 heteroatoms. The molecule has 0 radical (unpaired) electrons. The Morgan fingerprint density at radius 2 is 2.00 bits per heavy atom. The molecule has 16 heavy (non-hydrogen) atoms. The van der Waals surface area contributed by atoms with E-state index in [1.54, 1.807) is 0 Å². The third-order valence-corrected chi connectivity index (χ3v) is 3.11. The van der Waals surface area contributed by atoms with Gasteiger partial charge in [-0.3, -0.25) is 0 Å². The van der Waals surface area contributed by atoms with Crippen LogP contribution in [0.5, 0.6) is 0 Å². The minimum atomic E-state index is 0.323. The van der Waals surface area contributed by atoms with Crippen molar-refractivity contribution >= 4 is 27.5 Å². The molecule has 0 aromatic heterocycles. The van der Waals surface area contributed by atoms with E-state index in [4.69, 9.17) is 16.3 Å². The molecule has 0 unspecified atom stereocenters. The Hall–Kier alpha value is -0.0500. The zero-order valence-electron chi connectivity index (χ0n) is 10.0. The summed E-state index contributed by atoms with van der Waals surface area (Å²) in [4.78, 5) is 0. The molecule has 0 N–H and O–H groups in total. The van der Waals surface area contributed by atoms with Gasteiger partial charge in [-0.1, -0.05) is 54.4 Å². The molecule has 0 aliphatic heterocycles. The molecular weight excluding hydrogens is 287 g/mol. The van der Waals surface area contributed by atoms with Crippen LogP contribution in [0.2, 0.25) is 5.02 Å². The van der Waals surface area contributed by atoms with E-state index in [2.05, 4.69) is 36.7 Å². The van der Waals surface area contributed by atoms with Gasteiger partial charge in [-0.15, -0.1) is 0 Å². The fourth-order valence-electron chi connectivity index (χ4n) is 1.20. The summed E-state index contributed by atoms with van der Waals surface area (Å²) >= 11 is 9.47. The monoisotopic (exact) mass is 304 g/mol. The lowest BCUT2D eigenvalue weighted by Crippen LogP contribution is -2.09. The molecule has 1 aromatic rings. The van der Waals surface area contributed by atoms with Gasteiger partial charge in [-0.2, -0.15) is 0 Å². The van der Waals surface area contributed by atoms with Crippen LogP contribution in [-0.2, 0) is 11.3 Å². The van der Waals surface area contributed by atoms with Crippen LogP contribution < -0.4 is 0 Å². The summed E-state index contributed by atoms with van der Waals surface area (Å²) in [7, 11) is 0. The molecule has 0 spiro atoms. The third-order valence-electron chi connectivity index (χ3n) is 2.27. The Morgan fingerprint density at radius 3 is 2.56 bits per heavy atom. The average Bonchev–Trinajstić information content (AvgIpc) is 2.13. The topological polar surface area (TPSA) is 9.23 Å². The number of benzene rings is 1. The van der Waals surface area contributed by atoms with Crippen molar-refractivity contribution in [3.05, 3.63) is 33.3 Å². The van der Waals surface area contributed by atoms with Crippen molar-refractivity contribution in [3.8, 4) is 0 Å². The van der Waals surface area contributed by atoms with Gasteiger partial charge in [0.1, 0.15) is 0 Å². The van der Waals surface area contributed by atoms with E-state index in [9.17, 15) is 0 Å². The second-order valence-electron chi connectivity index (χ2n) is 5.10. The highest BCUT2D eigenvalue weighted by Gasteiger charge is 2.09. The number of ether oxygens (including phenoxy) is 1. The Morgan fingerprint density at radius 1 is 1.31 bits per heavy atom. The summed E-state index contributed by atoms with van der Waals surface area (Å²) in [5, 5.41) is 0.755. The first kappa shape index (κ1) is 14.0. The molecule has 0 aliphatic rings. The SMILES string of the molecule is CC(C)(C)CCOCc1ccc(Br)cc1Cl. The van der Waals surface area contributed by atoms with Gasteiger partial charge in [0.25, 0.3) is 0 Å². The van der Waals surface area contributed by atoms with Crippen LogP contribution in [0.25, 0.3) is 0 Å². The van der Waals surface area contributed by atoms with Gasteiger partial charge >= 0.3 is 0 Å². The minimum Gasteiger partial charge on any atom is -0.377 e. The summed E-state index contributed by atoms with van der Waals surface area (Å²) in [6.45, 7) is 7.99. The van der Waals surface area contributed by atoms with Crippen LogP contribution in [0.15, 0.2) is 22.7 Å². The van der Waals surface area contributed by atoms with Crippen LogP contribution in [0.1, 0.15) is 32.8 Å². The molecule has 1 aromatic carbocycles. The van der Waals surface area contributed by atoms with Crippen LogP contribution in [0.4, 0.5) is 0 Å². The lowest BCUT2D eigenvalue weighted by atomic mass is 9.93. The van der Waals surface area contributed by atoms with Crippen molar-refractivity contribution < 1.29 is 4.74 Å². The molecule has 0 fully saturated rings. The van der Waals surface area contributed by atoms with Crippen LogP contribution in [-0.4, -0.2) is 6.61 Å². The molecule has 0 bridgehead atoms. The van der Waals surface area contributed by atoms with Gasteiger partial charge in [0.05, 0.1) is 6.61 Å². The fraction of sp³-hybridized carbons (Fsp3) is 0.538. The first-order valence-corrected chi connectivity index (χ1v) is 6.57. The minimum absolute atomic E-state index is 0.323. The van der Waals surface area contributed by atoms with Crippen LogP contribution >= 0.6 is 27.5 Å². The van der Waals surface area contributed by atoms with Crippen molar-refractivity contribution in [1.29, 1.82) is 0 Å². The largest absolute Gasteiger partial charge is 0.377 e.